The van der Waals surface area contributed by atoms with E-state index in [9.17, 15) is 0 Å². The molecule has 0 saturated heterocycles. The third-order valence-electron chi connectivity index (χ3n) is 1.90. The third kappa shape index (κ3) is 3.82. The maximum Gasteiger partial charge on any atom is 1.00 e. The standard InChI is InChI=1S/C9H10N.C2H6.Rb/c1-7-2-3-8-4-5-10-9(8)6-7;1-2;/h2-3,6H,4-5H2,1H3;1-2H3;/q-1;;+1. The van der Waals surface area contributed by atoms with Gasteiger partial charge in [-0.3, -0.25) is 0 Å². The van der Waals surface area contributed by atoms with E-state index in [2.05, 4.69) is 30.4 Å². The molecule has 0 aliphatic carbocycles. The number of hydrogen-bond acceptors (Lipinski definition) is 0. The van der Waals surface area contributed by atoms with Gasteiger partial charge in [0.25, 0.3) is 0 Å². The molecule has 66 valence electrons. The molecule has 0 unspecified atom stereocenters. The van der Waals surface area contributed by atoms with Crippen LogP contribution in [0.15, 0.2) is 18.2 Å². The van der Waals surface area contributed by atoms with Crippen molar-refractivity contribution >= 4 is 5.69 Å². The smallest absolute Gasteiger partial charge is 0.684 e. The Morgan fingerprint density at radius 3 is 2.62 bits per heavy atom. The summed E-state index contributed by atoms with van der Waals surface area (Å²) in [5, 5.41) is 4.36. The Bertz CT molecular complexity index is 258. The van der Waals surface area contributed by atoms with Crippen LogP contribution in [0.2, 0.25) is 0 Å². The van der Waals surface area contributed by atoms with Crippen LogP contribution in [0.3, 0.4) is 0 Å². The molecule has 13 heavy (non-hydrogen) atoms. The van der Waals surface area contributed by atoms with Crippen LogP contribution in [0, 0.1) is 6.92 Å². The molecule has 0 fully saturated rings. The minimum absolute atomic E-state index is 0. The molecule has 2 heteroatoms. The van der Waals surface area contributed by atoms with E-state index in [0.29, 0.717) is 0 Å². The van der Waals surface area contributed by atoms with Crippen LogP contribution in [-0.4, -0.2) is 6.54 Å². The summed E-state index contributed by atoms with van der Waals surface area (Å²) in [6.07, 6.45) is 1.13. The van der Waals surface area contributed by atoms with Gasteiger partial charge in [-0.15, -0.1) is 12.2 Å². The molecule has 0 bridgehead atoms. The Balaban J connectivity index is 0.000000451. The number of nitrogens with zero attached hydrogens (tertiary/aromatic N) is 1. The van der Waals surface area contributed by atoms with Gasteiger partial charge in [0.1, 0.15) is 0 Å². The van der Waals surface area contributed by atoms with Gasteiger partial charge in [-0.25, -0.2) is 0 Å². The largest absolute Gasteiger partial charge is 1.00 e. The van der Waals surface area contributed by atoms with Crippen molar-refractivity contribution in [1.82, 2.24) is 0 Å². The van der Waals surface area contributed by atoms with Gasteiger partial charge in [0, 0.05) is 0 Å². The molecule has 1 nitrogen and oxygen atoms in total. The van der Waals surface area contributed by atoms with Crippen molar-refractivity contribution in [2.45, 2.75) is 27.2 Å². The average Bonchev–Trinajstić information content (AvgIpc) is 2.54. The van der Waals surface area contributed by atoms with Gasteiger partial charge in [-0.2, -0.15) is 0 Å². The van der Waals surface area contributed by atoms with Gasteiger partial charge < -0.3 is 5.32 Å². The first kappa shape index (κ1) is 13.8. The molecule has 0 radical (unpaired) electrons. The van der Waals surface area contributed by atoms with E-state index >= 15 is 0 Å². The van der Waals surface area contributed by atoms with Crippen LogP contribution in [0.5, 0.6) is 0 Å². The van der Waals surface area contributed by atoms with Crippen molar-refractivity contribution in [1.29, 1.82) is 0 Å². The van der Waals surface area contributed by atoms with Gasteiger partial charge in [0.15, 0.2) is 0 Å². The van der Waals surface area contributed by atoms with Crippen LogP contribution in [-0.2, 0) is 6.42 Å². The zero-order valence-corrected chi connectivity index (χ0v) is 14.0. The number of hydrogen-bond donors (Lipinski definition) is 0. The zero-order valence-electron chi connectivity index (χ0n) is 9.09. The summed E-state index contributed by atoms with van der Waals surface area (Å²) in [6, 6.07) is 6.49. The molecule has 1 aromatic rings. The fourth-order valence-corrected chi connectivity index (χ4v) is 1.33. The summed E-state index contributed by atoms with van der Waals surface area (Å²) < 4.78 is 0. The third-order valence-corrected chi connectivity index (χ3v) is 1.90. The summed E-state index contributed by atoms with van der Waals surface area (Å²) in [6.45, 7) is 7.09. The molecule has 0 N–H and O–H groups in total. The maximum absolute atomic E-state index is 4.36. The second-order valence-corrected chi connectivity index (χ2v) is 2.76. The van der Waals surface area contributed by atoms with Crippen LogP contribution >= 0.6 is 0 Å². The van der Waals surface area contributed by atoms with Crippen LogP contribution in [0.25, 0.3) is 5.32 Å². The summed E-state index contributed by atoms with van der Waals surface area (Å²) in [5.41, 5.74) is 3.93. The predicted molar refractivity (Wildman–Crippen MR) is 54.1 cm³/mol. The molecule has 1 aromatic carbocycles. The summed E-state index contributed by atoms with van der Waals surface area (Å²) in [7, 11) is 0. The summed E-state index contributed by atoms with van der Waals surface area (Å²) in [4.78, 5) is 0. The monoisotopic (exact) mass is 247 g/mol. The van der Waals surface area contributed by atoms with E-state index in [4.69, 9.17) is 0 Å². The molecule has 0 aromatic heterocycles. The minimum Gasteiger partial charge on any atom is -0.684 e. The van der Waals surface area contributed by atoms with E-state index in [1.165, 1.54) is 16.8 Å². The quantitative estimate of drug-likeness (QED) is 0.637. The second kappa shape index (κ2) is 7.16. The van der Waals surface area contributed by atoms with E-state index in [1.54, 1.807) is 0 Å². The molecule has 1 heterocycles. The Morgan fingerprint density at radius 1 is 1.23 bits per heavy atom. The van der Waals surface area contributed by atoms with Gasteiger partial charge in [-0.05, 0) is 13.3 Å². The van der Waals surface area contributed by atoms with Crippen molar-refractivity contribution in [3.63, 3.8) is 0 Å². The average molecular weight is 248 g/mol. The number of fused-ring (bicyclic) bond motifs is 1. The Hall–Kier alpha value is 0.825. The summed E-state index contributed by atoms with van der Waals surface area (Å²) >= 11 is 0. The number of rotatable bonds is 0. The van der Waals surface area contributed by atoms with Crippen LogP contribution in [0.4, 0.5) is 5.69 Å². The maximum atomic E-state index is 4.36. The van der Waals surface area contributed by atoms with Gasteiger partial charge in [0.05, 0.1) is 0 Å². The topological polar surface area (TPSA) is 14.1 Å². The zero-order chi connectivity index (χ0) is 8.97. The Labute approximate surface area is 130 Å². The number of aryl methyl sites for hydroxylation is 1. The second-order valence-electron chi connectivity index (χ2n) is 2.76. The van der Waals surface area contributed by atoms with Crippen LogP contribution in [0.1, 0.15) is 25.0 Å². The Morgan fingerprint density at radius 2 is 1.92 bits per heavy atom. The first-order chi connectivity index (χ1) is 5.86. The van der Waals surface area contributed by atoms with Crippen molar-refractivity contribution in [3.05, 3.63) is 34.6 Å². The van der Waals surface area contributed by atoms with Crippen molar-refractivity contribution in [2.24, 2.45) is 0 Å². The van der Waals surface area contributed by atoms with Crippen molar-refractivity contribution in [3.8, 4) is 0 Å². The molecule has 2 rings (SSSR count). The Kier molecular flexibility index (Phi) is 7.62. The predicted octanol–water partition coefficient (Wildman–Crippen LogP) is 0.587. The number of benzene rings is 1. The van der Waals surface area contributed by atoms with Crippen molar-refractivity contribution in [2.75, 3.05) is 6.54 Å². The normalized spacial score (nSPS) is 11.6. The van der Waals surface area contributed by atoms with E-state index in [-0.39, 0.29) is 58.2 Å². The molecule has 0 saturated carbocycles. The van der Waals surface area contributed by atoms with Crippen LogP contribution < -0.4 is 58.2 Å². The minimum atomic E-state index is 0. The molecule has 1 aliphatic rings. The van der Waals surface area contributed by atoms with Gasteiger partial charge >= 0.3 is 58.2 Å². The van der Waals surface area contributed by atoms with E-state index in [1.807, 2.05) is 13.8 Å². The van der Waals surface area contributed by atoms with Gasteiger partial charge in [0.2, 0.25) is 0 Å². The van der Waals surface area contributed by atoms with E-state index in [0.717, 1.165) is 13.0 Å². The SMILES string of the molecule is CC.Cc1ccc2c(c1)[N-]CC2.[Rb+]. The molecule has 0 atom stereocenters. The first-order valence-electron chi connectivity index (χ1n) is 4.63. The van der Waals surface area contributed by atoms with Gasteiger partial charge in [-0.1, -0.05) is 43.2 Å². The molecule has 0 spiro atoms. The van der Waals surface area contributed by atoms with Crippen molar-refractivity contribution < 1.29 is 58.2 Å². The first-order valence-corrected chi connectivity index (χ1v) is 4.63. The fraction of sp³-hybridized carbons (Fsp3) is 0.455. The molecular formula is C11H16NRb. The van der Waals surface area contributed by atoms with E-state index < -0.39 is 0 Å². The molecular weight excluding hydrogens is 232 g/mol. The summed E-state index contributed by atoms with van der Waals surface area (Å²) in [5.74, 6) is 0. The fourth-order valence-electron chi connectivity index (χ4n) is 1.33. The molecule has 1 aliphatic heterocycles. The molecule has 0 amide bonds.